The summed E-state index contributed by atoms with van der Waals surface area (Å²) in [4.78, 5) is 28.2. The molecule has 22 atom stereocenters. The second kappa shape index (κ2) is 20.5. The fourth-order valence-corrected chi connectivity index (χ4v) is 10.6. The first-order valence-electron chi connectivity index (χ1n) is 22.3. The van der Waals surface area contributed by atoms with Crippen molar-refractivity contribution in [1.29, 1.82) is 0 Å². The molecule has 0 spiro atoms. The molecule has 7 aliphatic rings. The summed E-state index contributed by atoms with van der Waals surface area (Å²) in [5, 5.41) is 0. The molecule has 0 amide bonds. The highest BCUT2D eigenvalue weighted by molar-refractivity contribution is 5.71. The number of cyclic esters (lactones) is 2. The third kappa shape index (κ3) is 10.5. The van der Waals surface area contributed by atoms with Gasteiger partial charge in [-0.25, -0.2) is 0 Å². The number of fused-ring (bicyclic) bond motifs is 4. The smallest absolute Gasteiger partial charge is 0.308 e. The van der Waals surface area contributed by atoms with Gasteiger partial charge in [-0.1, -0.05) is 27.7 Å². The maximum Gasteiger partial charge on any atom is 0.308 e. The largest absolute Gasteiger partial charge is 0.462 e. The van der Waals surface area contributed by atoms with Gasteiger partial charge in [0.05, 0.1) is 62.7 Å². The summed E-state index contributed by atoms with van der Waals surface area (Å²) < 4.78 is 86.9. The van der Waals surface area contributed by atoms with Crippen LogP contribution in [0.4, 0.5) is 0 Å². The van der Waals surface area contributed by atoms with E-state index >= 15 is 0 Å². The van der Waals surface area contributed by atoms with Crippen LogP contribution in [-0.4, -0.2) is 166 Å². The third-order valence-electron chi connectivity index (χ3n) is 14.7. The van der Waals surface area contributed by atoms with Gasteiger partial charge in [0.2, 0.25) is 0 Å². The molecule has 0 aromatic carbocycles. The Labute approximate surface area is 355 Å². The van der Waals surface area contributed by atoms with Crippen molar-refractivity contribution in [1.82, 2.24) is 0 Å². The molecule has 344 valence electrons. The van der Waals surface area contributed by atoms with Gasteiger partial charge in [0.1, 0.15) is 48.8 Å². The van der Waals surface area contributed by atoms with E-state index in [0.29, 0.717) is 37.5 Å². The molecule has 5 heterocycles. The van der Waals surface area contributed by atoms with Crippen LogP contribution in [-0.2, 0) is 75.9 Å². The van der Waals surface area contributed by atoms with Crippen molar-refractivity contribution in [2.45, 2.75) is 177 Å². The molecule has 16 nitrogen and oxygen atoms in total. The van der Waals surface area contributed by atoms with E-state index in [2.05, 4.69) is 13.8 Å². The van der Waals surface area contributed by atoms with Crippen LogP contribution in [0.2, 0.25) is 0 Å². The number of esters is 2. The summed E-state index contributed by atoms with van der Waals surface area (Å²) in [5.41, 5.74) is 0. The normalized spacial score (nSPS) is 49.1. The maximum absolute atomic E-state index is 14.1. The number of methoxy groups -OCH3 is 6. The predicted molar refractivity (Wildman–Crippen MR) is 212 cm³/mol. The number of hydrogen-bond acceptors (Lipinski definition) is 16. The van der Waals surface area contributed by atoms with E-state index < -0.39 is 49.2 Å². The minimum Gasteiger partial charge on any atom is -0.462 e. The summed E-state index contributed by atoms with van der Waals surface area (Å²) in [6.07, 6.45) is -3.31. The van der Waals surface area contributed by atoms with Crippen LogP contribution in [0.15, 0.2) is 0 Å². The lowest BCUT2D eigenvalue weighted by Gasteiger charge is -2.46. The van der Waals surface area contributed by atoms with Crippen LogP contribution in [0, 0.1) is 35.5 Å². The van der Waals surface area contributed by atoms with E-state index in [4.69, 9.17) is 66.3 Å². The van der Waals surface area contributed by atoms with E-state index in [-0.39, 0.29) is 110 Å². The van der Waals surface area contributed by atoms with Crippen LogP contribution >= 0.6 is 0 Å². The van der Waals surface area contributed by atoms with Gasteiger partial charge in [0.25, 0.3) is 0 Å². The lowest BCUT2D eigenvalue weighted by molar-refractivity contribution is -0.309. The van der Waals surface area contributed by atoms with Gasteiger partial charge >= 0.3 is 11.9 Å². The average molecular weight is 857 g/mol. The Balaban J connectivity index is 1.13. The molecule has 5 aliphatic heterocycles. The molecular weight excluding hydrogens is 784 g/mol. The van der Waals surface area contributed by atoms with E-state index in [1.807, 2.05) is 13.8 Å². The Kier molecular flexibility index (Phi) is 15.9. The summed E-state index contributed by atoms with van der Waals surface area (Å²) >= 11 is 0. The van der Waals surface area contributed by atoms with Crippen molar-refractivity contribution >= 4 is 11.9 Å². The molecule has 7 rings (SSSR count). The maximum atomic E-state index is 14.1. The zero-order valence-electron chi connectivity index (χ0n) is 37.3. The van der Waals surface area contributed by atoms with E-state index in [9.17, 15) is 9.59 Å². The zero-order valence-corrected chi connectivity index (χ0v) is 37.3. The number of hydrogen-bond donors (Lipinski definition) is 0. The highest BCUT2D eigenvalue weighted by atomic mass is 16.7. The van der Waals surface area contributed by atoms with Gasteiger partial charge < -0.3 is 66.3 Å². The first-order chi connectivity index (χ1) is 28.9. The van der Waals surface area contributed by atoms with Crippen LogP contribution < -0.4 is 0 Å². The Hall–Kier alpha value is -1.54. The molecule has 7 fully saturated rings. The zero-order chi connectivity index (χ0) is 42.8. The topological polar surface area (TPSA) is 163 Å². The SMILES string of the molecule is COC1COC(O[C@H]2C[C@H]3C[C@@H]([C@H]4C[C@@H]4C)OC(=O)C[C@@H]4O[C@@H](C[C@H](OC5OCC(OC)C(OC)C5OC)[C@H]4C)C[C@@H]([C@H]4C[C@@H]4C)OC(=O)C[C@H](O3)[C@@H]2C)C(OC)C1OC. The number of ether oxygens (including phenoxy) is 14. The van der Waals surface area contributed by atoms with Gasteiger partial charge in [-0.05, 0) is 36.5 Å². The molecule has 0 aromatic heterocycles. The molecule has 60 heavy (non-hydrogen) atoms. The molecule has 0 N–H and O–H groups in total. The quantitative estimate of drug-likeness (QED) is 0.260. The first-order valence-corrected chi connectivity index (χ1v) is 22.3. The number of rotatable bonds is 12. The summed E-state index contributed by atoms with van der Waals surface area (Å²) in [5.74, 6) is 0.143. The van der Waals surface area contributed by atoms with Gasteiger partial charge in [-0.15, -0.1) is 0 Å². The Bertz CT molecular complexity index is 1300. The molecule has 0 radical (unpaired) electrons. The van der Waals surface area contributed by atoms with Gasteiger partial charge in [-0.2, -0.15) is 0 Å². The second-order valence-corrected chi connectivity index (χ2v) is 18.6. The minimum absolute atomic E-state index is 0.0442. The van der Waals surface area contributed by atoms with E-state index in [1.165, 1.54) is 0 Å². The molecule has 4 bridgehead atoms. The van der Waals surface area contributed by atoms with Crippen LogP contribution in [0.3, 0.4) is 0 Å². The van der Waals surface area contributed by atoms with E-state index in [1.54, 1.807) is 42.7 Å². The fourth-order valence-electron chi connectivity index (χ4n) is 10.6. The monoisotopic (exact) mass is 856 g/mol. The Morgan fingerprint density at radius 1 is 0.450 bits per heavy atom. The highest BCUT2D eigenvalue weighted by Crippen LogP contribution is 2.47. The molecule has 2 saturated carbocycles. The summed E-state index contributed by atoms with van der Waals surface area (Å²) in [6.45, 7) is 8.99. The lowest BCUT2D eigenvalue weighted by Crippen LogP contribution is -2.58. The molecular formula is C44H72O16. The molecule has 16 heteroatoms. The number of carbonyl (C=O) groups excluding carboxylic acids is 2. The molecule has 8 unspecified atom stereocenters. The summed E-state index contributed by atoms with van der Waals surface area (Å²) in [6, 6.07) is 0. The van der Waals surface area contributed by atoms with Crippen molar-refractivity contribution in [2.24, 2.45) is 35.5 Å². The summed E-state index contributed by atoms with van der Waals surface area (Å²) in [7, 11) is 9.70. The molecule has 2 aliphatic carbocycles. The fraction of sp³-hybridized carbons (Fsp3) is 0.955. The Morgan fingerprint density at radius 3 is 1.13 bits per heavy atom. The van der Waals surface area contributed by atoms with Crippen molar-refractivity contribution in [3.05, 3.63) is 0 Å². The predicted octanol–water partition coefficient (Wildman–Crippen LogP) is 3.86. The minimum atomic E-state index is -0.733. The Morgan fingerprint density at radius 2 is 0.817 bits per heavy atom. The third-order valence-corrected chi connectivity index (χ3v) is 14.7. The second-order valence-electron chi connectivity index (χ2n) is 18.6. The van der Waals surface area contributed by atoms with Crippen LogP contribution in [0.1, 0.15) is 79.1 Å². The van der Waals surface area contributed by atoms with Crippen LogP contribution in [0.25, 0.3) is 0 Å². The molecule has 0 aromatic rings. The van der Waals surface area contributed by atoms with Crippen molar-refractivity contribution in [2.75, 3.05) is 55.9 Å². The van der Waals surface area contributed by atoms with Gasteiger partial charge in [0, 0.05) is 80.2 Å². The van der Waals surface area contributed by atoms with Gasteiger partial charge in [0.15, 0.2) is 12.6 Å². The van der Waals surface area contributed by atoms with Crippen molar-refractivity contribution < 1.29 is 75.9 Å². The number of carbonyl (C=O) groups is 2. The highest BCUT2D eigenvalue weighted by Gasteiger charge is 2.52. The van der Waals surface area contributed by atoms with Crippen molar-refractivity contribution in [3.8, 4) is 0 Å². The first kappa shape index (κ1) is 46.5. The lowest BCUT2D eigenvalue weighted by atomic mass is 9.85. The van der Waals surface area contributed by atoms with Gasteiger partial charge in [-0.3, -0.25) is 9.59 Å². The van der Waals surface area contributed by atoms with Crippen LogP contribution in [0.5, 0.6) is 0 Å². The standard InChI is InChI=1S/C44H72O16/c1-21-11-27(21)33-15-25-13-29(59-43-41(51-9)39(49-7)35(47-5)19-53-43)23(3)32(55-25)18-38(46)58-34(28-12-22(28)2)16-26-14-30(24(4)31(56-26)17-37(45)57-33)60-44-42(52-10)40(50-8)36(48-6)20-54-44/h21-36,39-44H,11-20H2,1-10H3/t21-,22-,23+,24+,25-,26-,27-,28-,29-,30-,31-,32-,33-,34-,35?,36?,39?,40?,41?,42?,43?,44?/m0/s1. The van der Waals surface area contributed by atoms with Crippen molar-refractivity contribution in [3.63, 3.8) is 0 Å². The average Bonchev–Trinajstić information content (AvgIpc) is 4.16. The van der Waals surface area contributed by atoms with E-state index in [0.717, 1.165) is 12.8 Å². The molecule has 5 saturated heterocycles.